The molecule has 3 aromatic carbocycles. The average molecular weight is 398 g/mol. The number of benzene rings is 3. The Kier molecular flexibility index (Phi) is 4.59. The molecule has 30 heavy (non-hydrogen) atoms. The quantitative estimate of drug-likeness (QED) is 0.499. The van der Waals surface area contributed by atoms with E-state index in [1.165, 1.54) is 12.4 Å². The Bertz CT molecular complexity index is 1180. The molecule has 2 heterocycles. The molecule has 1 aromatic heterocycles. The first-order valence-electron chi connectivity index (χ1n) is 9.69. The minimum atomic E-state index is -0.700. The van der Waals surface area contributed by atoms with Crippen molar-refractivity contribution in [1.29, 1.82) is 0 Å². The van der Waals surface area contributed by atoms with E-state index in [9.17, 15) is 0 Å². The summed E-state index contributed by atoms with van der Waals surface area (Å²) in [6.45, 7) is 0.746. The highest BCUT2D eigenvalue weighted by Gasteiger charge is 2.40. The maximum atomic E-state index is 15.0. The second-order valence-electron chi connectivity index (χ2n) is 7.26. The Labute approximate surface area is 173 Å². The number of halogens is 1. The van der Waals surface area contributed by atoms with Gasteiger partial charge in [0.2, 0.25) is 5.90 Å². The maximum absolute atomic E-state index is 15.0. The fourth-order valence-corrected chi connectivity index (χ4v) is 3.73. The fraction of sp³-hybridized carbons (Fsp3) is 0.125. The molecule has 0 radical (unpaired) electrons. The van der Waals surface area contributed by atoms with Gasteiger partial charge in [-0.25, -0.2) is 14.4 Å². The zero-order valence-corrected chi connectivity index (χ0v) is 16.1. The summed E-state index contributed by atoms with van der Waals surface area (Å²) in [4.78, 5) is 8.89. The summed E-state index contributed by atoms with van der Waals surface area (Å²) in [5, 5.41) is 4.22. The smallest absolute Gasteiger partial charge is 0.220 e. The summed E-state index contributed by atoms with van der Waals surface area (Å²) in [6, 6.07) is 24.7. The Morgan fingerprint density at radius 3 is 2.40 bits per heavy atom. The number of hydrogen-bond acceptors (Lipinski definition) is 4. The number of rotatable bonds is 5. The van der Waals surface area contributed by atoms with Crippen molar-refractivity contribution in [2.24, 2.45) is 4.99 Å². The molecule has 0 spiro atoms. The first kappa shape index (κ1) is 18.2. The van der Waals surface area contributed by atoms with E-state index in [-0.39, 0.29) is 5.82 Å². The SMILES string of the molecule is Fc1cc(-c2ccccc2)ccc1C1=NC(Cn2cncn2)(c2ccccc2)CO1. The normalized spacial score (nSPS) is 18.1. The lowest BCUT2D eigenvalue weighted by molar-refractivity contribution is 0.230. The molecule has 0 fully saturated rings. The van der Waals surface area contributed by atoms with Gasteiger partial charge in [0.05, 0.1) is 12.1 Å². The summed E-state index contributed by atoms with van der Waals surface area (Å²) >= 11 is 0. The largest absolute Gasteiger partial charge is 0.474 e. The number of hydrogen-bond donors (Lipinski definition) is 0. The summed E-state index contributed by atoms with van der Waals surface area (Å²) < 4.78 is 22.7. The van der Waals surface area contributed by atoms with E-state index in [1.807, 2.05) is 66.7 Å². The molecule has 0 amide bonds. The molecule has 5 nitrogen and oxygen atoms in total. The molecule has 0 saturated carbocycles. The van der Waals surface area contributed by atoms with Gasteiger partial charge in [0, 0.05) is 0 Å². The van der Waals surface area contributed by atoms with Crippen molar-refractivity contribution in [2.45, 2.75) is 12.1 Å². The van der Waals surface area contributed by atoms with Crippen LogP contribution in [0.4, 0.5) is 4.39 Å². The second-order valence-corrected chi connectivity index (χ2v) is 7.26. The standard InChI is InChI=1S/C24H19FN4O/c25-22-13-19(18-7-3-1-4-8-18)11-12-21(22)23-28-24(15-30-23,14-29-17-26-16-27-29)20-9-5-2-6-10-20/h1-13,16-17H,14-15H2. The van der Waals surface area contributed by atoms with Gasteiger partial charge in [-0.05, 0) is 28.8 Å². The van der Waals surface area contributed by atoms with Gasteiger partial charge in [-0.1, -0.05) is 66.7 Å². The van der Waals surface area contributed by atoms with E-state index in [1.54, 1.807) is 17.1 Å². The van der Waals surface area contributed by atoms with Crippen molar-refractivity contribution in [3.05, 3.63) is 108 Å². The number of aromatic nitrogens is 3. The van der Waals surface area contributed by atoms with Crippen LogP contribution in [-0.4, -0.2) is 27.3 Å². The Morgan fingerprint density at radius 2 is 1.70 bits per heavy atom. The third kappa shape index (κ3) is 3.37. The molecule has 0 bridgehead atoms. The average Bonchev–Trinajstić information content (AvgIpc) is 3.46. The van der Waals surface area contributed by atoms with Gasteiger partial charge in [-0.15, -0.1) is 0 Å². The molecule has 5 rings (SSSR count). The zero-order valence-electron chi connectivity index (χ0n) is 16.1. The second kappa shape index (κ2) is 7.55. The van der Waals surface area contributed by atoms with E-state index in [4.69, 9.17) is 9.73 Å². The van der Waals surface area contributed by atoms with Crippen LogP contribution in [0.15, 0.2) is 96.5 Å². The van der Waals surface area contributed by atoms with E-state index >= 15 is 4.39 Å². The van der Waals surface area contributed by atoms with Gasteiger partial charge in [0.1, 0.15) is 30.6 Å². The predicted molar refractivity (Wildman–Crippen MR) is 112 cm³/mol. The molecule has 1 atom stereocenters. The fourth-order valence-electron chi connectivity index (χ4n) is 3.73. The lowest BCUT2D eigenvalue weighted by Gasteiger charge is -2.24. The molecule has 1 aliphatic rings. The van der Waals surface area contributed by atoms with Crippen molar-refractivity contribution in [2.75, 3.05) is 6.61 Å². The molecule has 1 unspecified atom stereocenters. The summed E-state index contributed by atoms with van der Waals surface area (Å²) in [5.74, 6) is -0.0594. The van der Waals surface area contributed by atoms with Gasteiger partial charge in [0.15, 0.2) is 0 Å². The van der Waals surface area contributed by atoms with Gasteiger partial charge >= 0.3 is 0 Å². The van der Waals surface area contributed by atoms with E-state index in [2.05, 4.69) is 10.1 Å². The summed E-state index contributed by atoms with van der Waals surface area (Å²) in [7, 11) is 0. The molecule has 0 saturated heterocycles. The van der Waals surface area contributed by atoms with Crippen molar-refractivity contribution >= 4 is 5.90 Å². The summed E-state index contributed by atoms with van der Waals surface area (Å²) in [5.41, 5.74) is 2.41. The third-order valence-corrected chi connectivity index (χ3v) is 5.27. The maximum Gasteiger partial charge on any atom is 0.220 e. The van der Waals surface area contributed by atoms with Gasteiger partial charge in [0.25, 0.3) is 0 Å². The van der Waals surface area contributed by atoms with Crippen LogP contribution in [0.1, 0.15) is 11.1 Å². The van der Waals surface area contributed by atoms with Crippen LogP contribution in [-0.2, 0) is 16.8 Å². The van der Waals surface area contributed by atoms with E-state index in [0.29, 0.717) is 24.6 Å². The Hall–Kier alpha value is -3.80. The zero-order chi connectivity index (χ0) is 20.4. The van der Waals surface area contributed by atoms with Gasteiger partial charge < -0.3 is 4.74 Å². The first-order chi connectivity index (χ1) is 14.7. The topological polar surface area (TPSA) is 52.3 Å². The minimum Gasteiger partial charge on any atom is -0.474 e. The Morgan fingerprint density at radius 1 is 0.933 bits per heavy atom. The lowest BCUT2D eigenvalue weighted by Crippen LogP contribution is -2.31. The molecule has 1 aliphatic heterocycles. The van der Waals surface area contributed by atoms with Crippen molar-refractivity contribution in [3.63, 3.8) is 0 Å². The third-order valence-electron chi connectivity index (χ3n) is 5.27. The van der Waals surface area contributed by atoms with Crippen LogP contribution < -0.4 is 0 Å². The van der Waals surface area contributed by atoms with Crippen molar-refractivity contribution in [1.82, 2.24) is 14.8 Å². The molecule has 4 aromatic rings. The molecule has 0 N–H and O–H groups in total. The van der Waals surface area contributed by atoms with Crippen LogP contribution in [0, 0.1) is 5.82 Å². The minimum absolute atomic E-state index is 0.298. The molecule has 6 heteroatoms. The highest BCUT2D eigenvalue weighted by Crippen LogP contribution is 2.35. The predicted octanol–water partition coefficient (Wildman–Crippen LogP) is 4.46. The molecule has 0 aliphatic carbocycles. The van der Waals surface area contributed by atoms with Crippen LogP contribution in [0.2, 0.25) is 0 Å². The Balaban J connectivity index is 1.53. The van der Waals surface area contributed by atoms with Crippen LogP contribution in [0.3, 0.4) is 0 Å². The van der Waals surface area contributed by atoms with E-state index < -0.39 is 5.54 Å². The van der Waals surface area contributed by atoms with Gasteiger partial charge in [-0.2, -0.15) is 5.10 Å². The molecule has 148 valence electrons. The lowest BCUT2D eigenvalue weighted by atomic mass is 9.91. The monoisotopic (exact) mass is 398 g/mol. The van der Waals surface area contributed by atoms with E-state index in [0.717, 1.165) is 16.7 Å². The molecular formula is C24H19FN4O. The van der Waals surface area contributed by atoms with Crippen LogP contribution in [0.5, 0.6) is 0 Å². The van der Waals surface area contributed by atoms with Crippen molar-refractivity contribution < 1.29 is 9.13 Å². The van der Waals surface area contributed by atoms with Crippen LogP contribution >= 0.6 is 0 Å². The highest BCUT2D eigenvalue weighted by atomic mass is 19.1. The highest BCUT2D eigenvalue weighted by molar-refractivity contribution is 5.96. The first-order valence-corrected chi connectivity index (χ1v) is 9.69. The number of ether oxygens (including phenoxy) is 1. The van der Waals surface area contributed by atoms with Crippen LogP contribution in [0.25, 0.3) is 11.1 Å². The summed E-state index contributed by atoms with van der Waals surface area (Å²) in [6.07, 6.45) is 3.13. The van der Waals surface area contributed by atoms with Gasteiger partial charge in [-0.3, -0.25) is 4.68 Å². The van der Waals surface area contributed by atoms with Crippen molar-refractivity contribution in [3.8, 4) is 11.1 Å². The molecular weight excluding hydrogens is 379 g/mol. The number of aliphatic imine (C=N–C) groups is 1. The number of nitrogens with zero attached hydrogens (tertiary/aromatic N) is 4.